The molecule has 1 aliphatic rings. The fraction of sp³-hybridized carbons (Fsp3) is 0.647. The third-order valence-corrected chi connectivity index (χ3v) is 4.65. The number of urea groups is 1. The Labute approximate surface area is 143 Å². The zero-order chi connectivity index (χ0) is 17.4. The first-order valence-corrected chi connectivity index (χ1v) is 8.41. The van der Waals surface area contributed by atoms with Crippen molar-refractivity contribution in [3.8, 4) is 5.88 Å². The number of methoxy groups -OCH3 is 1. The predicted octanol–water partition coefficient (Wildman–Crippen LogP) is 1.39. The van der Waals surface area contributed by atoms with Crippen LogP contribution in [0.25, 0.3) is 0 Å². The minimum atomic E-state index is -0.186. The van der Waals surface area contributed by atoms with Crippen molar-refractivity contribution < 1.29 is 14.3 Å². The highest BCUT2D eigenvalue weighted by Crippen LogP contribution is 2.20. The first kappa shape index (κ1) is 18.5. The van der Waals surface area contributed by atoms with Gasteiger partial charge in [-0.2, -0.15) is 0 Å². The summed E-state index contributed by atoms with van der Waals surface area (Å²) in [5.74, 6) is 0.532. The number of rotatable bonds is 7. The van der Waals surface area contributed by atoms with Crippen LogP contribution in [0.15, 0.2) is 18.3 Å². The zero-order valence-electron chi connectivity index (χ0n) is 14.8. The summed E-state index contributed by atoms with van der Waals surface area (Å²) in [4.78, 5) is 18.6. The Morgan fingerprint density at radius 3 is 2.83 bits per heavy atom. The minimum Gasteiger partial charge on any atom is -0.481 e. The first-order chi connectivity index (χ1) is 11.6. The van der Waals surface area contributed by atoms with Gasteiger partial charge in [0.2, 0.25) is 5.88 Å². The number of hydrogen-bond acceptors (Lipinski definition) is 5. The number of carbonyl (C=O) groups excluding carboxylic acids is 1. The molecule has 7 heteroatoms. The number of pyridine rings is 1. The van der Waals surface area contributed by atoms with Crippen LogP contribution in [-0.2, 0) is 11.3 Å². The first-order valence-electron chi connectivity index (χ1n) is 8.41. The third kappa shape index (κ3) is 4.82. The molecule has 0 radical (unpaired) electrons. The summed E-state index contributed by atoms with van der Waals surface area (Å²) in [6, 6.07) is 3.52. The Morgan fingerprint density at radius 2 is 2.17 bits per heavy atom. The Bertz CT molecular complexity index is 534. The molecular weight excluding hydrogens is 308 g/mol. The Hall–Kier alpha value is -1.86. The van der Waals surface area contributed by atoms with Crippen LogP contribution in [0.4, 0.5) is 4.79 Å². The van der Waals surface area contributed by atoms with E-state index in [1.54, 1.807) is 13.3 Å². The van der Waals surface area contributed by atoms with E-state index in [0.29, 0.717) is 19.0 Å². The quantitative estimate of drug-likeness (QED) is 0.787. The molecule has 1 aromatic rings. The second-order valence-electron chi connectivity index (χ2n) is 6.16. The predicted molar refractivity (Wildman–Crippen MR) is 92.1 cm³/mol. The molecule has 0 aliphatic carbocycles. The second-order valence-corrected chi connectivity index (χ2v) is 6.16. The molecule has 2 N–H and O–H groups in total. The van der Waals surface area contributed by atoms with Gasteiger partial charge in [0.1, 0.15) is 0 Å². The van der Waals surface area contributed by atoms with Crippen LogP contribution in [0.2, 0.25) is 0 Å². The fourth-order valence-electron chi connectivity index (χ4n) is 2.81. The highest BCUT2D eigenvalue weighted by atomic mass is 16.5. The lowest BCUT2D eigenvalue weighted by Gasteiger charge is -2.43. The largest absolute Gasteiger partial charge is 0.481 e. The maximum absolute atomic E-state index is 12.1. The molecule has 134 valence electrons. The van der Waals surface area contributed by atoms with Crippen LogP contribution in [0.3, 0.4) is 0 Å². The van der Waals surface area contributed by atoms with Crippen molar-refractivity contribution in [2.45, 2.75) is 32.4 Å². The van der Waals surface area contributed by atoms with E-state index in [-0.39, 0.29) is 11.6 Å². The van der Waals surface area contributed by atoms with Gasteiger partial charge in [0, 0.05) is 43.5 Å². The summed E-state index contributed by atoms with van der Waals surface area (Å²) < 4.78 is 10.6. The average Bonchev–Trinajstić information content (AvgIpc) is 2.65. The maximum Gasteiger partial charge on any atom is 0.315 e. The SMILES string of the molecule is CCC(C)(CNC(=O)NCc1cccnc1OC)N1CCOCC1. The van der Waals surface area contributed by atoms with E-state index >= 15 is 0 Å². The molecule has 2 amide bonds. The molecule has 7 nitrogen and oxygen atoms in total. The van der Waals surface area contributed by atoms with Crippen LogP contribution in [0.1, 0.15) is 25.8 Å². The van der Waals surface area contributed by atoms with Crippen LogP contribution in [0.5, 0.6) is 5.88 Å². The van der Waals surface area contributed by atoms with Gasteiger partial charge in [0.05, 0.1) is 20.3 Å². The lowest BCUT2D eigenvalue weighted by molar-refractivity contribution is -0.0165. The number of morpholine rings is 1. The van der Waals surface area contributed by atoms with Crippen LogP contribution < -0.4 is 15.4 Å². The minimum absolute atomic E-state index is 0.0624. The summed E-state index contributed by atoms with van der Waals surface area (Å²) in [7, 11) is 1.57. The molecule has 24 heavy (non-hydrogen) atoms. The van der Waals surface area contributed by atoms with Crippen molar-refractivity contribution in [3.05, 3.63) is 23.9 Å². The molecule has 0 bridgehead atoms. The van der Waals surface area contributed by atoms with Gasteiger partial charge in [-0.05, 0) is 19.4 Å². The smallest absolute Gasteiger partial charge is 0.315 e. The standard InChI is InChI=1S/C17H28N4O3/c1-4-17(2,21-8-10-24-11-9-21)13-20-16(22)19-12-14-6-5-7-18-15(14)23-3/h5-7H,4,8-13H2,1-3H3,(H2,19,20,22). The van der Waals surface area contributed by atoms with Crippen LogP contribution >= 0.6 is 0 Å². The Morgan fingerprint density at radius 1 is 1.42 bits per heavy atom. The van der Waals surface area contributed by atoms with Gasteiger partial charge in [-0.3, -0.25) is 4.90 Å². The molecule has 1 aliphatic heterocycles. The Balaban J connectivity index is 1.83. The average molecular weight is 336 g/mol. The van der Waals surface area contributed by atoms with Gasteiger partial charge >= 0.3 is 6.03 Å². The number of nitrogens with zero attached hydrogens (tertiary/aromatic N) is 2. The van der Waals surface area contributed by atoms with E-state index in [4.69, 9.17) is 9.47 Å². The van der Waals surface area contributed by atoms with E-state index in [0.717, 1.165) is 38.3 Å². The summed E-state index contributed by atoms with van der Waals surface area (Å²) >= 11 is 0. The van der Waals surface area contributed by atoms with E-state index in [1.165, 1.54) is 0 Å². The number of hydrogen-bond donors (Lipinski definition) is 2. The van der Waals surface area contributed by atoms with Crippen molar-refractivity contribution in [1.82, 2.24) is 20.5 Å². The topological polar surface area (TPSA) is 75.7 Å². The van der Waals surface area contributed by atoms with Crippen molar-refractivity contribution in [3.63, 3.8) is 0 Å². The molecule has 1 fully saturated rings. The van der Waals surface area contributed by atoms with Gasteiger partial charge in [0.25, 0.3) is 0 Å². The summed E-state index contributed by atoms with van der Waals surface area (Å²) in [5.41, 5.74) is 0.786. The zero-order valence-corrected chi connectivity index (χ0v) is 14.8. The van der Waals surface area contributed by atoms with E-state index in [2.05, 4.69) is 34.4 Å². The molecule has 0 spiro atoms. The second kappa shape index (κ2) is 8.84. The van der Waals surface area contributed by atoms with Crippen molar-refractivity contribution in [2.24, 2.45) is 0 Å². The third-order valence-electron chi connectivity index (χ3n) is 4.65. The molecular formula is C17H28N4O3. The number of aromatic nitrogens is 1. The van der Waals surface area contributed by atoms with Gasteiger partial charge < -0.3 is 20.1 Å². The Kier molecular flexibility index (Phi) is 6.81. The van der Waals surface area contributed by atoms with E-state index in [1.807, 2.05) is 12.1 Å². The van der Waals surface area contributed by atoms with Gasteiger partial charge in [-0.25, -0.2) is 9.78 Å². The van der Waals surface area contributed by atoms with Gasteiger partial charge in [-0.1, -0.05) is 13.0 Å². The summed E-state index contributed by atoms with van der Waals surface area (Å²) in [6.07, 6.45) is 2.63. The van der Waals surface area contributed by atoms with E-state index < -0.39 is 0 Å². The molecule has 1 aromatic heterocycles. The van der Waals surface area contributed by atoms with Gasteiger partial charge in [0.15, 0.2) is 0 Å². The van der Waals surface area contributed by atoms with Crippen LogP contribution in [0, 0.1) is 0 Å². The molecule has 2 rings (SSSR count). The lowest BCUT2D eigenvalue weighted by Crippen LogP contribution is -2.57. The molecule has 1 saturated heterocycles. The number of amides is 2. The molecule has 1 atom stereocenters. The number of nitrogens with one attached hydrogen (secondary N) is 2. The highest BCUT2D eigenvalue weighted by molar-refractivity contribution is 5.74. The van der Waals surface area contributed by atoms with Gasteiger partial charge in [-0.15, -0.1) is 0 Å². The maximum atomic E-state index is 12.1. The molecule has 1 unspecified atom stereocenters. The van der Waals surface area contributed by atoms with Crippen molar-refractivity contribution in [2.75, 3.05) is 40.0 Å². The van der Waals surface area contributed by atoms with E-state index in [9.17, 15) is 4.79 Å². The summed E-state index contributed by atoms with van der Waals surface area (Å²) in [5, 5.41) is 5.85. The molecule has 0 aromatic carbocycles. The normalized spacial score (nSPS) is 17.8. The number of ether oxygens (including phenoxy) is 2. The monoisotopic (exact) mass is 336 g/mol. The highest BCUT2D eigenvalue weighted by Gasteiger charge is 2.31. The molecule has 2 heterocycles. The number of carbonyl (C=O) groups is 1. The van der Waals surface area contributed by atoms with Crippen molar-refractivity contribution in [1.29, 1.82) is 0 Å². The fourth-order valence-corrected chi connectivity index (χ4v) is 2.81. The van der Waals surface area contributed by atoms with Crippen molar-refractivity contribution >= 4 is 6.03 Å². The summed E-state index contributed by atoms with van der Waals surface area (Å²) in [6.45, 7) is 8.62. The van der Waals surface area contributed by atoms with Crippen LogP contribution in [-0.4, -0.2) is 61.4 Å². The molecule has 0 saturated carbocycles. The lowest BCUT2D eigenvalue weighted by atomic mass is 9.95.